The van der Waals surface area contributed by atoms with Crippen molar-refractivity contribution >= 4 is 11.6 Å². The van der Waals surface area contributed by atoms with Crippen LogP contribution in [0.3, 0.4) is 0 Å². The molecule has 0 heterocycles. The number of hydrogen-bond donors (Lipinski definition) is 1. The van der Waals surface area contributed by atoms with Crippen LogP contribution in [-0.2, 0) is 5.54 Å². The monoisotopic (exact) mass is 207 g/mol. The predicted octanol–water partition coefficient (Wildman–Crippen LogP) is 2.92. The Hall–Kier alpha value is -0.530. The highest BCUT2D eigenvalue weighted by Gasteiger charge is 2.64. The van der Waals surface area contributed by atoms with Crippen LogP contribution in [0.25, 0.3) is 0 Å². The normalized spacial score (nSPS) is 39.6. The van der Waals surface area contributed by atoms with Crippen molar-refractivity contribution in [2.45, 2.75) is 24.8 Å². The van der Waals surface area contributed by atoms with E-state index in [4.69, 9.17) is 17.3 Å². The summed E-state index contributed by atoms with van der Waals surface area (Å²) in [5.74, 6) is 1.48. The Morgan fingerprint density at radius 3 is 2.29 bits per heavy atom. The minimum Gasteiger partial charge on any atom is -0.321 e. The molecule has 0 aromatic heterocycles. The Kier molecular flexibility index (Phi) is 1.71. The van der Waals surface area contributed by atoms with Crippen molar-refractivity contribution in [2.24, 2.45) is 17.6 Å². The van der Waals surface area contributed by atoms with E-state index in [2.05, 4.69) is 12.1 Å². The van der Waals surface area contributed by atoms with E-state index in [0.29, 0.717) is 0 Å². The molecule has 2 atom stereocenters. The second kappa shape index (κ2) is 2.74. The molecule has 2 saturated carbocycles. The van der Waals surface area contributed by atoms with Gasteiger partial charge in [0.15, 0.2) is 0 Å². The molecule has 2 N–H and O–H groups in total. The van der Waals surface area contributed by atoms with Crippen LogP contribution in [0.5, 0.6) is 0 Å². The first kappa shape index (κ1) is 8.75. The summed E-state index contributed by atoms with van der Waals surface area (Å²) < 4.78 is 0. The van der Waals surface area contributed by atoms with Crippen molar-refractivity contribution in [2.75, 3.05) is 0 Å². The van der Waals surface area contributed by atoms with Crippen molar-refractivity contribution in [3.63, 3.8) is 0 Å². The minimum atomic E-state index is -0.0111. The maximum Gasteiger partial charge on any atom is 0.0473 e. The third-order valence-electron chi connectivity index (χ3n) is 3.98. The Morgan fingerprint density at radius 2 is 1.71 bits per heavy atom. The van der Waals surface area contributed by atoms with Crippen LogP contribution < -0.4 is 5.73 Å². The molecule has 0 spiro atoms. The van der Waals surface area contributed by atoms with Crippen LogP contribution in [-0.4, -0.2) is 0 Å². The molecular formula is C12H14ClN. The van der Waals surface area contributed by atoms with Crippen molar-refractivity contribution in [1.29, 1.82) is 0 Å². The van der Waals surface area contributed by atoms with Crippen LogP contribution >= 0.6 is 11.6 Å². The lowest BCUT2D eigenvalue weighted by molar-refractivity contribution is 0.527. The van der Waals surface area contributed by atoms with Gasteiger partial charge in [0.25, 0.3) is 0 Å². The summed E-state index contributed by atoms with van der Waals surface area (Å²) in [6.07, 6.45) is 3.98. The van der Waals surface area contributed by atoms with Gasteiger partial charge in [-0.3, -0.25) is 0 Å². The van der Waals surface area contributed by atoms with Gasteiger partial charge in [-0.2, -0.15) is 0 Å². The van der Waals surface area contributed by atoms with Gasteiger partial charge >= 0.3 is 0 Å². The molecule has 1 aromatic carbocycles. The lowest BCUT2D eigenvalue weighted by Gasteiger charge is -2.15. The van der Waals surface area contributed by atoms with E-state index in [1.165, 1.54) is 24.8 Å². The second-order valence-corrected chi connectivity index (χ2v) is 5.02. The van der Waals surface area contributed by atoms with E-state index in [1.807, 2.05) is 12.1 Å². The van der Waals surface area contributed by atoms with Gasteiger partial charge in [-0.05, 0) is 42.4 Å². The largest absolute Gasteiger partial charge is 0.321 e. The van der Waals surface area contributed by atoms with Crippen LogP contribution in [0, 0.1) is 11.8 Å². The fraction of sp³-hybridized carbons (Fsp3) is 0.500. The van der Waals surface area contributed by atoms with Crippen LogP contribution in [0.15, 0.2) is 24.3 Å². The summed E-state index contributed by atoms with van der Waals surface area (Å²) in [6.45, 7) is 0. The smallest absolute Gasteiger partial charge is 0.0473 e. The van der Waals surface area contributed by atoms with E-state index >= 15 is 0 Å². The molecule has 14 heavy (non-hydrogen) atoms. The van der Waals surface area contributed by atoms with Gasteiger partial charge in [-0.1, -0.05) is 30.2 Å². The zero-order valence-corrected chi connectivity index (χ0v) is 8.80. The SMILES string of the molecule is NC1(c2ccc(Cl)cc2)C2CCCC21. The highest BCUT2D eigenvalue weighted by Crippen LogP contribution is 2.64. The van der Waals surface area contributed by atoms with Crippen molar-refractivity contribution < 1.29 is 0 Å². The molecule has 0 bridgehead atoms. The van der Waals surface area contributed by atoms with Gasteiger partial charge in [0.05, 0.1) is 0 Å². The highest BCUT2D eigenvalue weighted by molar-refractivity contribution is 6.30. The predicted molar refractivity (Wildman–Crippen MR) is 58.1 cm³/mol. The van der Waals surface area contributed by atoms with E-state index in [1.54, 1.807) is 0 Å². The highest BCUT2D eigenvalue weighted by atomic mass is 35.5. The average Bonchev–Trinajstić information content (AvgIpc) is 2.63. The van der Waals surface area contributed by atoms with Gasteiger partial charge in [0.1, 0.15) is 0 Å². The zero-order valence-electron chi connectivity index (χ0n) is 8.04. The summed E-state index contributed by atoms with van der Waals surface area (Å²) in [4.78, 5) is 0. The molecule has 74 valence electrons. The topological polar surface area (TPSA) is 26.0 Å². The molecule has 0 amide bonds. The van der Waals surface area contributed by atoms with E-state index < -0.39 is 0 Å². The van der Waals surface area contributed by atoms with Crippen molar-refractivity contribution in [1.82, 2.24) is 0 Å². The van der Waals surface area contributed by atoms with E-state index in [0.717, 1.165) is 16.9 Å². The summed E-state index contributed by atoms with van der Waals surface area (Å²) in [6, 6.07) is 8.06. The summed E-state index contributed by atoms with van der Waals surface area (Å²) in [7, 11) is 0. The zero-order chi connectivity index (χ0) is 9.76. The maximum atomic E-state index is 6.42. The van der Waals surface area contributed by atoms with Crippen LogP contribution in [0.2, 0.25) is 5.02 Å². The third kappa shape index (κ3) is 0.999. The summed E-state index contributed by atoms with van der Waals surface area (Å²) in [5.41, 5.74) is 7.69. The van der Waals surface area contributed by atoms with Gasteiger partial charge in [0, 0.05) is 10.6 Å². The number of rotatable bonds is 1. The molecule has 3 rings (SSSR count). The molecule has 2 aliphatic carbocycles. The molecular weight excluding hydrogens is 194 g/mol. The molecule has 2 unspecified atom stereocenters. The fourth-order valence-electron chi connectivity index (χ4n) is 3.17. The molecule has 0 saturated heterocycles. The van der Waals surface area contributed by atoms with Gasteiger partial charge < -0.3 is 5.73 Å². The van der Waals surface area contributed by atoms with Crippen molar-refractivity contribution in [3.8, 4) is 0 Å². The molecule has 2 heteroatoms. The summed E-state index contributed by atoms with van der Waals surface area (Å²) in [5, 5.41) is 0.795. The first-order chi connectivity index (χ1) is 6.73. The number of fused-ring (bicyclic) bond motifs is 1. The molecule has 2 aliphatic rings. The maximum absolute atomic E-state index is 6.42. The third-order valence-corrected chi connectivity index (χ3v) is 4.23. The van der Waals surface area contributed by atoms with Crippen molar-refractivity contribution in [3.05, 3.63) is 34.9 Å². The second-order valence-electron chi connectivity index (χ2n) is 4.58. The molecule has 2 fully saturated rings. The number of halogens is 1. The summed E-state index contributed by atoms with van der Waals surface area (Å²) >= 11 is 5.86. The van der Waals surface area contributed by atoms with E-state index in [-0.39, 0.29) is 5.54 Å². The van der Waals surface area contributed by atoms with Gasteiger partial charge in [0.2, 0.25) is 0 Å². The Labute approximate surface area is 89.3 Å². The Balaban J connectivity index is 1.93. The first-order valence-corrected chi connectivity index (χ1v) is 5.65. The molecule has 1 nitrogen and oxygen atoms in total. The van der Waals surface area contributed by atoms with Gasteiger partial charge in [-0.25, -0.2) is 0 Å². The molecule has 0 radical (unpaired) electrons. The standard InChI is InChI=1S/C12H14ClN/c13-9-6-4-8(5-7-9)12(14)10-2-1-3-11(10)12/h4-7,10-11H,1-3,14H2. The van der Waals surface area contributed by atoms with Gasteiger partial charge in [-0.15, -0.1) is 0 Å². The lowest BCUT2D eigenvalue weighted by Crippen LogP contribution is -2.25. The van der Waals surface area contributed by atoms with E-state index in [9.17, 15) is 0 Å². The minimum absolute atomic E-state index is 0.0111. The fourth-order valence-corrected chi connectivity index (χ4v) is 3.29. The molecule has 0 aliphatic heterocycles. The number of hydrogen-bond acceptors (Lipinski definition) is 1. The number of benzene rings is 1. The number of nitrogens with two attached hydrogens (primary N) is 1. The Bertz CT molecular complexity index is 347. The van der Waals surface area contributed by atoms with Crippen LogP contribution in [0.4, 0.5) is 0 Å². The quantitative estimate of drug-likeness (QED) is 0.753. The Morgan fingerprint density at radius 1 is 1.14 bits per heavy atom. The first-order valence-electron chi connectivity index (χ1n) is 5.28. The van der Waals surface area contributed by atoms with Crippen LogP contribution in [0.1, 0.15) is 24.8 Å². The molecule has 1 aromatic rings. The lowest BCUT2D eigenvalue weighted by atomic mass is 9.97. The average molecular weight is 208 g/mol.